The van der Waals surface area contributed by atoms with E-state index in [0.717, 1.165) is 0 Å². The number of carbonyl (C=O) groups excluding carboxylic acids is 2. The number of benzene rings is 2. The number of rotatable bonds is 4. The third-order valence-corrected chi connectivity index (χ3v) is 8.60. The maximum atomic E-state index is 15.7. The Morgan fingerprint density at radius 1 is 1.18 bits per heavy atom. The molecular formula is C28H31Cl2F2N3O3. The fourth-order valence-electron chi connectivity index (χ4n) is 6.56. The molecule has 2 aliphatic heterocycles. The van der Waals surface area contributed by atoms with Gasteiger partial charge in [-0.05, 0) is 60.9 Å². The van der Waals surface area contributed by atoms with Crippen molar-refractivity contribution in [2.45, 2.75) is 82.0 Å². The number of amides is 2. The van der Waals surface area contributed by atoms with Crippen LogP contribution in [0, 0.1) is 17.0 Å². The van der Waals surface area contributed by atoms with Gasteiger partial charge in [0.25, 0.3) is 0 Å². The molecule has 4 N–H and O–H groups in total. The second-order valence-corrected chi connectivity index (χ2v) is 13.1. The summed E-state index contributed by atoms with van der Waals surface area (Å²) in [5, 5.41) is 19.0. The minimum atomic E-state index is -1.54. The molecule has 0 radical (unpaired) electrons. The third kappa shape index (κ3) is 4.39. The Bertz CT molecular complexity index is 1320. The van der Waals surface area contributed by atoms with Crippen LogP contribution in [-0.4, -0.2) is 40.6 Å². The topological polar surface area (TPSA) is 90.5 Å². The lowest BCUT2D eigenvalue weighted by Gasteiger charge is -2.42. The van der Waals surface area contributed by atoms with E-state index in [1.807, 2.05) is 20.8 Å². The van der Waals surface area contributed by atoms with Crippen molar-refractivity contribution in [2.24, 2.45) is 5.41 Å². The molecule has 6 nitrogen and oxygen atoms in total. The molecular weight excluding hydrogens is 535 g/mol. The molecule has 2 amide bonds. The summed E-state index contributed by atoms with van der Waals surface area (Å²) >= 11 is 12.2. The molecule has 5 rings (SSSR count). The van der Waals surface area contributed by atoms with Crippen LogP contribution in [0.15, 0.2) is 30.3 Å². The van der Waals surface area contributed by atoms with Crippen LogP contribution in [0.5, 0.6) is 0 Å². The fourth-order valence-corrected chi connectivity index (χ4v) is 6.90. The molecule has 0 aromatic heterocycles. The van der Waals surface area contributed by atoms with Gasteiger partial charge in [-0.2, -0.15) is 0 Å². The van der Waals surface area contributed by atoms with Crippen molar-refractivity contribution in [1.82, 2.24) is 10.6 Å². The number of carbonyl (C=O) groups is 2. The van der Waals surface area contributed by atoms with Gasteiger partial charge in [0.2, 0.25) is 11.8 Å². The lowest BCUT2D eigenvalue weighted by atomic mass is 9.62. The first kappa shape index (κ1) is 27.3. The Balaban J connectivity index is 1.71. The molecule has 2 fully saturated rings. The van der Waals surface area contributed by atoms with E-state index in [2.05, 4.69) is 16.0 Å². The molecule has 1 saturated carbocycles. The number of aliphatic hydroxyl groups is 1. The first-order chi connectivity index (χ1) is 17.6. The SMILES string of the molecule is CC(C)(C)C[C@@H]1N[C@@H](C(=O)NC2CC(C)(O)C2)[C@H](c2cccc(Cl)c2F)[C@]12C(=O)Nc1cc(Cl)c(F)cc12. The van der Waals surface area contributed by atoms with E-state index in [-0.39, 0.29) is 27.1 Å². The van der Waals surface area contributed by atoms with Crippen molar-refractivity contribution in [2.75, 3.05) is 5.32 Å². The molecule has 0 unspecified atom stereocenters. The highest BCUT2D eigenvalue weighted by Gasteiger charge is 2.66. The fraction of sp³-hybridized carbons (Fsp3) is 0.500. The van der Waals surface area contributed by atoms with E-state index in [4.69, 9.17) is 23.2 Å². The molecule has 2 heterocycles. The minimum absolute atomic E-state index is 0.0838. The minimum Gasteiger partial charge on any atom is -0.390 e. The summed E-state index contributed by atoms with van der Waals surface area (Å²) in [6, 6.07) is 5.08. The zero-order chi connectivity index (χ0) is 27.8. The number of fused-ring (bicyclic) bond motifs is 2. The third-order valence-electron chi connectivity index (χ3n) is 8.02. The van der Waals surface area contributed by atoms with Gasteiger partial charge in [-0.1, -0.05) is 56.1 Å². The quantitative estimate of drug-likeness (QED) is 0.417. The van der Waals surface area contributed by atoms with E-state index in [0.29, 0.717) is 30.5 Å². The summed E-state index contributed by atoms with van der Waals surface area (Å²) in [4.78, 5) is 27.9. The predicted octanol–water partition coefficient (Wildman–Crippen LogP) is 5.05. The molecule has 3 aliphatic rings. The summed E-state index contributed by atoms with van der Waals surface area (Å²) in [6.45, 7) is 7.69. The summed E-state index contributed by atoms with van der Waals surface area (Å²) in [5.41, 5.74) is -1.99. The van der Waals surface area contributed by atoms with Crippen LogP contribution in [0.4, 0.5) is 14.5 Å². The molecule has 204 valence electrons. The van der Waals surface area contributed by atoms with E-state index >= 15 is 4.39 Å². The Morgan fingerprint density at radius 2 is 1.87 bits per heavy atom. The number of hydrogen-bond acceptors (Lipinski definition) is 4. The van der Waals surface area contributed by atoms with Crippen molar-refractivity contribution in [3.05, 3.63) is 63.1 Å². The van der Waals surface area contributed by atoms with Gasteiger partial charge in [-0.3, -0.25) is 9.59 Å². The largest absolute Gasteiger partial charge is 0.390 e. The van der Waals surface area contributed by atoms with Crippen LogP contribution in [0.2, 0.25) is 10.0 Å². The van der Waals surface area contributed by atoms with Crippen molar-refractivity contribution < 1.29 is 23.5 Å². The highest BCUT2D eigenvalue weighted by atomic mass is 35.5. The monoisotopic (exact) mass is 565 g/mol. The smallest absolute Gasteiger partial charge is 0.238 e. The van der Waals surface area contributed by atoms with Crippen molar-refractivity contribution >= 4 is 40.7 Å². The number of nitrogens with one attached hydrogen (secondary N) is 3. The summed E-state index contributed by atoms with van der Waals surface area (Å²) in [5.74, 6) is -3.41. The summed E-state index contributed by atoms with van der Waals surface area (Å²) < 4.78 is 30.7. The number of hydrogen-bond donors (Lipinski definition) is 4. The molecule has 2 aromatic carbocycles. The molecule has 1 saturated heterocycles. The van der Waals surface area contributed by atoms with Crippen molar-refractivity contribution in [3.63, 3.8) is 0 Å². The number of halogens is 4. The Kier molecular flexibility index (Phi) is 6.58. The Morgan fingerprint density at radius 3 is 2.50 bits per heavy atom. The van der Waals surface area contributed by atoms with Gasteiger partial charge in [-0.15, -0.1) is 0 Å². The molecule has 10 heteroatoms. The highest BCUT2D eigenvalue weighted by molar-refractivity contribution is 6.31. The molecule has 2 aromatic rings. The zero-order valence-electron chi connectivity index (χ0n) is 21.6. The summed E-state index contributed by atoms with van der Waals surface area (Å²) in [7, 11) is 0. The maximum absolute atomic E-state index is 15.7. The predicted molar refractivity (Wildman–Crippen MR) is 142 cm³/mol. The van der Waals surface area contributed by atoms with Crippen LogP contribution in [0.1, 0.15) is 64.0 Å². The molecule has 1 spiro atoms. The van der Waals surface area contributed by atoms with E-state index in [9.17, 15) is 19.1 Å². The van der Waals surface area contributed by atoms with Gasteiger partial charge in [-0.25, -0.2) is 8.78 Å². The molecule has 4 atom stereocenters. The van der Waals surface area contributed by atoms with E-state index < -0.39 is 52.5 Å². The Hall–Kier alpha value is -2.26. The van der Waals surface area contributed by atoms with Crippen LogP contribution in [0.3, 0.4) is 0 Å². The van der Waals surface area contributed by atoms with E-state index in [1.165, 1.54) is 24.3 Å². The number of anilines is 1. The molecule has 0 bridgehead atoms. The lowest BCUT2D eigenvalue weighted by Crippen LogP contribution is -2.57. The maximum Gasteiger partial charge on any atom is 0.238 e. The standard InChI is InChI=1S/C28H31Cl2F2N3O3/c1-26(2,3)12-20-28(15-8-18(31)17(30)9-19(15)34-25(28)37)21(14-6-5-7-16(29)22(14)32)23(35-20)24(36)33-13-10-27(4,38)11-13/h5-9,13,20-21,23,35,38H,10-12H2,1-4H3,(H,33,36)(H,34,37)/t13?,20-,21-,23+,27?,28+/m0/s1. The molecule has 1 aliphatic carbocycles. The van der Waals surface area contributed by atoms with Crippen LogP contribution in [-0.2, 0) is 15.0 Å². The van der Waals surface area contributed by atoms with Crippen molar-refractivity contribution in [3.8, 4) is 0 Å². The zero-order valence-corrected chi connectivity index (χ0v) is 23.1. The normalized spacial score (nSPS) is 32.2. The van der Waals surface area contributed by atoms with Crippen molar-refractivity contribution in [1.29, 1.82) is 0 Å². The lowest BCUT2D eigenvalue weighted by molar-refractivity contribution is -0.127. The highest BCUT2D eigenvalue weighted by Crippen LogP contribution is 2.57. The first-order valence-corrected chi connectivity index (χ1v) is 13.4. The summed E-state index contributed by atoms with van der Waals surface area (Å²) in [6.07, 6.45) is 1.18. The first-order valence-electron chi connectivity index (χ1n) is 12.7. The van der Waals surface area contributed by atoms with Gasteiger partial charge in [0, 0.05) is 23.7 Å². The Labute approximate surface area is 230 Å². The van der Waals surface area contributed by atoms with Crippen LogP contribution < -0.4 is 16.0 Å². The average molecular weight is 566 g/mol. The molecule has 38 heavy (non-hydrogen) atoms. The van der Waals surface area contributed by atoms with Gasteiger partial charge in [0.15, 0.2) is 0 Å². The van der Waals surface area contributed by atoms with Crippen LogP contribution >= 0.6 is 23.2 Å². The van der Waals surface area contributed by atoms with Gasteiger partial charge in [0.05, 0.1) is 21.7 Å². The second-order valence-electron chi connectivity index (χ2n) is 12.3. The van der Waals surface area contributed by atoms with Gasteiger partial charge < -0.3 is 21.1 Å². The van der Waals surface area contributed by atoms with Gasteiger partial charge >= 0.3 is 0 Å². The van der Waals surface area contributed by atoms with Gasteiger partial charge in [0.1, 0.15) is 17.0 Å². The van der Waals surface area contributed by atoms with E-state index in [1.54, 1.807) is 13.0 Å². The average Bonchev–Trinajstić information content (AvgIpc) is 3.24. The second kappa shape index (κ2) is 9.15. The van der Waals surface area contributed by atoms with Crippen LogP contribution in [0.25, 0.3) is 0 Å².